The van der Waals surface area contributed by atoms with Crippen molar-refractivity contribution < 1.29 is 0 Å². The highest BCUT2D eigenvalue weighted by molar-refractivity contribution is 8.00. The van der Waals surface area contributed by atoms with Gasteiger partial charge in [0.2, 0.25) is 0 Å². The fourth-order valence-electron chi connectivity index (χ4n) is 2.44. The standard InChI is InChI=1S/C16H25ClN2S/c1-12-11-19(8-9-20-12)15-13(6-5-7-14(15)17)10-18-16(2,3)4/h5-7,12,18H,8-11H2,1-4H3. The molecule has 1 aliphatic heterocycles. The summed E-state index contributed by atoms with van der Waals surface area (Å²) in [6.45, 7) is 11.9. The highest BCUT2D eigenvalue weighted by atomic mass is 35.5. The Kier molecular flexibility index (Phi) is 5.27. The van der Waals surface area contributed by atoms with E-state index < -0.39 is 0 Å². The van der Waals surface area contributed by atoms with Crippen molar-refractivity contribution in [2.24, 2.45) is 0 Å². The smallest absolute Gasteiger partial charge is 0.0642 e. The van der Waals surface area contributed by atoms with Gasteiger partial charge in [0, 0.05) is 36.2 Å². The highest BCUT2D eigenvalue weighted by Crippen LogP contribution is 2.33. The zero-order chi connectivity index (χ0) is 14.8. The van der Waals surface area contributed by atoms with Crippen molar-refractivity contribution in [1.29, 1.82) is 0 Å². The molecule has 1 atom stereocenters. The SMILES string of the molecule is CC1CN(c2c(Cl)cccc2CNC(C)(C)C)CCS1. The van der Waals surface area contributed by atoms with Gasteiger partial charge in [-0.25, -0.2) is 0 Å². The molecule has 1 aromatic carbocycles. The van der Waals surface area contributed by atoms with Gasteiger partial charge in [0.1, 0.15) is 0 Å². The number of para-hydroxylation sites is 1. The first-order valence-electron chi connectivity index (χ1n) is 7.26. The van der Waals surface area contributed by atoms with Gasteiger partial charge in [-0.3, -0.25) is 0 Å². The third kappa shape index (κ3) is 4.31. The van der Waals surface area contributed by atoms with Gasteiger partial charge < -0.3 is 10.2 Å². The van der Waals surface area contributed by atoms with E-state index in [2.05, 4.69) is 44.0 Å². The Bertz CT molecular complexity index is 456. The van der Waals surface area contributed by atoms with Gasteiger partial charge in [-0.2, -0.15) is 11.8 Å². The number of anilines is 1. The van der Waals surface area contributed by atoms with Gasteiger partial charge in [0.05, 0.1) is 10.7 Å². The maximum absolute atomic E-state index is 6.48. The lowest BCUT2D eigenvalue weighted by molar-refractivity contribution is 0.424. The van der Waals surface area contributed by atoms with E-state index >= 15 is 0 Å². The number of benzene rings is 1. The Hall–Kier alpha value is -0.380. The Morgan fingerprint density at radius 3 is 2.80 bits per heavy atom. The molecule has 1 fully saturated rings. The van der Waals surface area contributed by atoms with Crippen LogP contribution in [0.2, 0.25) is 5.02 Å². The second-order valence-electron chi connectivity index (χ2n) is 6.48. The van der Waals surface area contributed by atoms with Crippen molar-refractivity contribution in [3.8, 4) is 0 Å². The van der Waals surface area contributed by atoms with Crippen LogP contribution in [0.3, 0.4) is 0 Å². The van der Waals surface area contributed by atoms with E-state index in [1.165, 1.54) is 17.0 Å². The molecule has 0 aliphatic carbocycles. The molecule has 2 rings (SSSR count). The normalized spacial score (nSPS) is 20.2. The van der Waals surface area contributed by atoms with Gasteiger partial charge >= 0.3 is 0 Å². The first-order valence-corrected chi connectivity index (χ1v) is 8.68. The average Bonchev–Trinajstić information content (AvgIpc) is 2.35. The van der Waals surface area contributed by atoms with Crippen LogP contribution >= 0.6 is 23.4 Å². The van der Waals surface area contributed by atoms with E-state index in [1.807, 2.05) is 23.9 Å². The summed E-state index contributed by atoms with van der Waals surface area (Å²) in [6, 6.07) is 6.24. The van der Waals surface area contributed by atoms with E-state index in [0.717, 1.165) is 24.7 Å². The van der Waals surface area contributed by atoms with Gasteiger partial charge in [0.15, 0.2) is 0 Å². The number of hydrogen-bond acceptors (Lipinski definition) is 3. The largest absolute Gasteiger partial charge is 0.368 e. The van der Waals surface area contributed by atoms with E-state index in [4.69, 9.17) is 11.6 Å². The van der Waals surface area contributed by atoms with Crippen LogP contribution in [0.15, 0.2) is 18.2 Å². The Balaban J connectivity index is 2.21. The number of thioether (sulfide) groups is 1. The van der Waals surface area contributed by atoms with E-state index in [1.54, 1.807) is 0 Å². The molecule has 0 amide bonds. The molecule has 1 aliphatic rings. The minimum atomic E-state index is 0.116. The first kappa shape index (κ1) is 16.0. The second-order valence-corrected chi connectivity index (χ2v) is 8.43. The van der Waals surface area contributed by atoms with Crippen LogP contribution in [0.1, 0.15) is 33.3 Å². The molecule has 1 unspecified atom stereocenters. The summed E-state index contributed by atoms with van der Waals surface area (Å²) in [7, 11) is 0. The van der Waals surface area contributed by atoms with Gasteiger partial charge in [-0.15, -0.1) is 0 Å². The van der Waals surface area contributed by atoms with Crippen LogP contribution in [0.5, 0.6) is 0 Å². The van der Waals surface area contributed by atoms with Crippen LogP contribution in [0.25, 0.3) is 0 Å². The molecule has 0 radical (unpaired) electrons. The number of nitrogens with zero attached hydrogens (tertiary/aromatic N) is 1. The van der Waals surface area contributed by atoms with Crippen molar-refractivity contribution in [3.05, 3.63) is 28.8 Å². The maximum atomic E-state index is 6.48. The first-order chi connectivity index (χ1) is 9.37. The van der Waals surface area contributed by atoms with Crippen molar-refractivity contribution in [3.63, 3.8) is 0 Å². The summed E-state index contributed by atoms with van der Waals surface area (Å²) in [6.07, 6.45) is 0. The number of rotatable bonds is 3. The summed E-state index contributed by atoms with van der Waals surface area (Å²) >= 11 is 8.53. The Labute approximate surface area is 132 Å². The second kappa shape index (κ2) is 6.59. The zero-order valence-corrected chi connectivity index (χ0v) is 14.4. The van der Waals surface area contributed by atoms with E-state index in [9.17, 15) is 0 Å². The molecule has 0 aromatic heterocycles. The number of hydrogen-bond donors (Lipinski definition) is 1. The number of halogens is 1. The summed E-state index contributed by atoms with van der Waals surface area (Å²) in [5.74, 6) is 1.18. The molecule has 1 saturated heterocycles. The lowest BCUT2D eigenvalue weighted by Gasteiger charge is -2.35. The van der Waals surface area contributed by atoms with Crippen molar-refractivity contribution >= 4 is 29.1 Å². The monoisotopic (exact) mass is 312 g/mol. The molecule has 1 N–H and O–H groups in total. The van der Waals surface area contributed by atoms with Crippen molar-refractivity contribution in [1.82, 2.24) is 5.32 Å². The molecule has 0 saturated carbocycles. The van der Waals surface area contributed by atoms with Crippen molar-refractivity contribution in [2.75, 3.05) is 23.7 Å². The minimum Gasteiger partial charge on any atom is -0.368 e. The average molecular weight is 313 g/mol. The molecule has 20 heavy (non-hydrogen) atoms. The predicted octanol–water partition coefficient (Wildman–Crippen LogP) is 4.17. The van der Waals surface area contributed by atoms with Crippen LogP contribution in [-0.4, -0.2) is 29.6 Å². The molecule has 112 valence electrons. The molecule has 1 aromatic rings. The van der Waals surface area contributed by atoms with Crippen LogP contribution < -0.4 is 10.2 Å². The Morgan fingerprint density at radius 1 is 1.40 bits per heavy atom. The van der Waals surface area contributed by atoms with Crippen LogP contribution in [0.4, 0.5) is 5.69 Å². The lowest BCUT2D eigenvalue weighted by atomic mass is 10.1. The summed E-state index contributed by atoms with van der Waals surface area (Å²) in [4.78, 5) is 2.45. The predicted molar refractivity (Wildman–Crippen MR) is 92.2 cm³/mol. The lowest BCUT2D eigenvalue weighted by Crippen LogP contribution is -2.39. The fraction of sp³-hybridized carbons (Fsp3) is 0.625. The summed E-state index contributed by atoms with van der Waals surface area (Å²) in [5, 5.41) is 5.11. The molecular weight excluding hydrogens is 288 g/mol. The third-order valence-electron chi connectivity index (χ3n) is 3.44. The minimum absolute atomic E-state index is 0.116. The van der Waals surface area contributed by atoms with Crippen LogP contribution in [-0.2, 0) is 6.54 Å². The maximum Gasteiger partial charge on any atom is 0.0642 e. The molecule has 4 heteroatoms. The summed E-state index contributed by atoms with van der Waals surface area (Å²) in [5.41, 5.74) is 2.63. The third-order valence-corrected chi connectivity index (χ3v) is 4.88. The molecular formula is C16H25ClN2S. The number of nitrogens with one attached hydrogen (secondary N) is 1. The highest BCUT2D eigenvalue weighted by Gasteiger charge is 2.21. The molecule has 0 bridgehead atoms. The van der Waals surface area contributed by atoms with Gasteiger partial charge in [0.25, 0.3) is 0 Å². The van der Waals surface area contributed by atoms with Gasteiger partial charge in [-0.1, -0.05) is 30.7 Å². The molecule has 0 spiro atoms. The quantitative estimate of drug-likeness (QED) is 0.902. The fourth-order valence-corrected chi connectivity index (χ4v) is 3.77. The Morgan fingerprint density at radius 2 is 2.15 bits per heavy atom. The molecule has 1 heterocycles. The van der Waals surface area contributed by atoms with Crippen LogP contribution in [0, 0.1) is 0 Å². The molecule has 2 nitrogen and oxygen atoms in total. The zero-order valence-electron chi connectivity index (χ0n) is 12.9. The topological polar surface area (TPSA) is 15.3 Å². The van der Waals surface area contributed by atoms with Crippen molar-refractivity contribution in [2.45, 2.75) is 45.0 Å². The summed E-state index contributed by atoms with van der Waals surface area (Å²) < 4.78 is 0. The van der Waals surface area contributed by atoms with E-state index in [0.29, 0.717) is 5.25 Å². The van der Waals surface area contributed by atoms with Gasteiger partial charge in [-0.05, 0) is 32.4 Å². The van der Waals surface area contributed by atoms with E-state index in [-0.39, 0.29) is 5.54 Å².